The maximum absolute atomic E-state index is 11.2. The number of aromatic nitrogens is 3. The molecule has 7 heteroatoms. The molecule has 5 aromatic rings. The highest BCUT2D eigenvalue weighted by atomic mass is 16.5. The molecular formula is C27H23N5O2. The SMILES string of the molecule is CC(=O)NCc1ccc(-c2ncc(-c3ccc(Oc4ccccc4)cc3)c3c(N)n[nH]c23)cc1. The van der Waals surface area contributed by atoms with Gasteiger partial charge in [-0.25, -0.2) is 0 Å². The number of nitrogen functional groups attached to an aromatic ring is 1. The lowest BCUT2D eigenvalue weighted by Crippen LogP contribution is -2.18. The van der Waals surface area contributed by atoms with Gasteiger partial charge >= 0.3 is 0 Å². The monoisotopic (exact) mass is 449 g/mol. The topological polar surface area (TPSA) is 106 Å². The Morgan fingerprint density at radius 2 is 1.62 bits per heavy atom. The van der Waals surface area contributed by atoms with E-state index in [2.05, 4.69) is 15.5 Å². The molecule has 0 aliphatic carbocycles. The summed E-state index contributed by atoms with van der Waals surface area (Å²) in [6.45, 7) is 1.99. The average Bonchev–Trinajstić information content (AvgIpc) is 3.25. The number of benzene rings is 3. The van der Waals surface area contributed by atoms with Crippen molar-refractivity contribution in [3.63, 3.8) is 0 Å². The third-order valence-electron chi connectivity index (χ3n) is 5.54. The standard InChI is InChI=1S/C27H23N5O2/c1-17(33)29-15-18-7-9-20(10-8-18)25-26-24(27(28)32-31-26)23(16-30-25)19-11-13-22(14-12-19)34-21-5-3-2-4-6-21/h2-14,16H,15H2,1H3,(H,29,33)(H3,28,31,32). The molecule has 0 unspecified atom stereocenters. The predicted octanol–water partition coefficient (Wildman–Crippen LogP) is 5.30. The number of para-hydroxylation sites is 1. The van der Waals surface area contributed by atoms with Gasteiger partial charge in [0.05, 0.1) is 16.6 Å². The fourth-order valence-electron chi connectivity index (χ4n) is 3.83. The summed E-state index contributed by atoms with van der Waals surface area (Å²) in [5.74, 6) is 1.89. The van der Waals surface area contributed by atoms with E-state index in [1.165, 1.54) is 6.92 Å². The van der Waals surface area contributed by atoms with Crippen LogP contribution in [0, 0.1) is 0 Å². The van der Waals surface area contributed by atoms with Crippen molar-refractivity contribution < 1.29 is 9.53 Å². The number of rotatable bonds is 6. The van der Waals surface area contributed by atoms with Gasteiger partial charge in [0.15, 0.2) is 5.82 Å². The lowest BCUT2D eigenvalue weighted by molar-refractivity contribution is -0.119. The molecule has 0 bridgehead atoms. The molecule has 168 valence electrons. The van der Waals surface area contributed by atoms with Crippen LogP contribution in [0.15, 0.2) is 85.1 Å². The number of ether oxygens (including phenoxy) is 1. The van der Waals surface area contributed by atoms with Gasteiger partial charge in [-0.1, -0.05) is 54.6 Å². The first kappa shape index (κ1) is 21.2. The van der Waals surface area contributed by atoms with Gasteiger partial charge < -0.3 is 15.8 Å². The third kappa shape index (κ3) is 4.31. The van der Waals surface area contributed by atoms with Crippen molar-refractivity contribution in [1.82, 2.24) is 20.5 Å². The first-order valence-corrected chi connectivity index (χ1v) is 10.9. The number of nitrogens with zero attached hydrogens (tertiary/aromatic N) is 2. The number of nitrogens with one attached hydrogen (secondary N) is 2. The Bertz CT molecular complexity index is 1440. The predicted molar refractivity (Wildman–Crippen MR) is 133 cm³/mol. The van der Waals surface area contributed by atoms with Crippen LogP contribution in [0.25, 0.3) is 33.3 Å². The minimum absolute atomic E-state index is 0.0596. The van der Waals surface area contributed by atoms with E-state index in [1.54, 1.807) is 0 Å². The number of H-pyrrole nitrogens is 1. The van der Waals surface area contributed by atoms with Gasteiger partial charge in [0.2, 0.25) is 5.91 Å². The zero-order chi connectivity index (χ0) is 23.5. The maximum Gasteiger partial charge on any atom is 0.217 e. The van der Waals surface area contributed by atoms with Crippen molar-refractivity contribution in [2.75, 3.05) is 5.73 Å². The van der Waals surface area contributed by atoms with Gasteiger partial charge in [-0.05, 0) is 35.4 Å². The van der Waals surface area contributed by atoms with E-state index in [1.807, 2.05) is 85.1 Å². The Labute approximate surface area is 196 Å². The molecule has 5 rings (SSSR count). The first-order valence-electron chi connectivity index (χ1n) is 10.9. The van der Waals surface area contributed by atoms with E-state index < -0.39 is 0 Å². The summed E-state index contributed by atoms with van der Waals surface area (Å²) in [5.41, 5.74) is 11.6. The molecule has 34 heavy (non-hydrogen) atoms. The molecule has 7 nitrogen and oxygen atoms in total. The molecular weight excluding hydrogens is 426 g/mol. The summed E-state index contributed by atoms with van der Waals surface area (Å²) in [6.07, 6.45) is 1.82. The lowest BCUT2D eigenvalue weighted by atomic mass is 10.00. The number of carbonyl (C=O) groups is 1. The Kier molecular flexibility index (Phi) is 5.66. The number of anilines is 1. The second-order valence-corrected chi connectivity index (χ2v) is 7.93. The van der Waals surface area contributed by atoms with Crippen LogP contribution in [0.5, 0.6) is 11.5 Å². The van der Waals surface area contributed by atoms with Crippen molar-refractivity contribution >= 4 is 22.6 Å². The van der Waals surface area contributed by atoms with Gasteiger partial charge in [0, 0.05) is 30.8 Å². The van der Waals surface area contributed by atoms with E-state index in [0.717, 1.165) is 50.3 Å². The minimum atomic E-state index is -0.0596. The van der Waals surface area contributed by atoms with Crippen LogP contribution < -0.4 is 15.8 Å². The lowest BCUT2D eigenvalue weighted by Gasteiger charge is -2.10. The van der Waals surface area contributed by atoms with E-state index in [9.17, 15) is 4.79 Å². The molecule has 0 saturated carbocycles. The van der Waals surface area contributed by atoms with Crippen LogP contribution in [-0.4, -0.2) is 21.1 Å². The zero-order valence-electron chi connectivity index (χ0n) is 18.6. The van der Waals surface area contributed by atoms with Crippen molar-refractivity contribution in [2.45, 2.75) is 13.5 Å². The van der Waals surface area contributed by atoms with Gasteiger partial charge in [-0.2, -0.15) is 5.10 Å². The van der Waals surface area contributed by atoms with Crippen molar-refractivity contribution in [3.8, 4) is 33.9 Å². The van der Waals surface area contributed by atoms with Crippen LogP contribution in [0.2, 0.25) is 0 Å². The molecule has 0 saturated heterocycles. The number of hydrogen-bond donors (Lipinski definition) is 3. The summed E-state index contributed by atoms with van der Waals surface area (Å²) in [4.78, 5) is 15.9. The van der Waals surface area contributed by atoms with Crippen molar-refractivity contribution in [3.05, 3.63) is 90.6 Å². The molecule has 1 amide bonds. The maximum atomic E-state index is 11.2. The molecule has 0 radical (unpaired) electrons. The van der Waals surface area contributed by atoms with Crippen molar-refractivity contribution in [2.24, 2.45) is 0 Å². The second-order valence-electron chi connectivity index (χ2n) is 7.93. The van der Waals surface area contributed by atoms with E-state index >= 15 is 0 Å². The number of amides is 1. The quantitative estimate of drug-likeness (QED) is 0.326. The summed E-state index contributed by atoms with van der Waals surface area (Å²) < 4.78 is 5.90. The summed E-state index contributed by atoms with van der Waals surface area (Å²) in [5, 5.41) is 10.9. The van der Waals surface area contributed by atoms with Gasteiger partial charge in [0.25, 0.3) is 0 Å². The Morgan fingerprint density at radius 1 is 0.941 bits per heavy atom. The van der Waals surface area contributed by atoms with Crippen LogP contribution in [0.3, 0.4) is 0 Å². The minimum Gasteiger partial charge on any atom is -0.457 e. The van der Waals surface area contributed by atoms with Crippen LogP contribution in [0.4, 0.5) is 5.82 Å². The van der Waals surface area contributed by atoms with Crippen LogP contribution in [-0.2, 0) is 11.3 Å². The largest absolute Gasteiger partial charge is 0.457 e. The third-order valence-corrected chi connectivity index (χ3v) is 5.54. The highest BCUT2D eigenvalue weighted by Gasteiger charge is 2.16. The number of fused-ring (bicyclic) bond motifs is 1. The molecule has 0 spiro atoms. The number of carbonyl (C=O) groups excluding carboxylic acids is 1. The fourth-order valence-corrected chi connectivity index (χ4v) is 3.83. The summed E-state index contributed by atoms with van der Waals surface area (Å²) >= 11 is 0. The Morgan fingerprint density at radius 3 is 2.32 bits per heavy atom. The highest BCUT2D eigenvalue weighted by molar-refractivity contribution is 6.06. The zero-order valence-corrected chi connectivity index (χ0v) is 18.6. The van der Waals surface area contributed by atoms with E-state index in [0.29, 0.717) is 12.4 Å². The number of aromatic amines is 1. The van der Waals surface area contributed by atoms with Gasteiger partial charge in [-0.3, -0.25) is 14.9 Å². The fraction of sp³-hybridized carbons (Fsp3) is 0.0741. The molecule has 0 aliphatic heterocycles. The molecule has 3 aromatic carbocycles. The molecule has 2 heterocycles. The normalized spacial score (nSPS) is 10.9. The van der Waals surface area contributed by atoms with E-state index in [-0.39, 0.29) is 5.91 Å². The highest BCUT2D eigenvalue weighted by Crippen LogP contribution is 2.36. The van der Waals surface area contributed by atoms with Crippen LogP contribution in [0.1, 0.15) is 12.5 Å². The first-order chi connectivity index (χ1) is 16.6. The molecule has 2 aromatic heterocycles. The molecule has 4 N–H and O–H groups in total. The van der Waals surface area contributed by atoms with E-state index in [4.69, 9.17) is 15.5 Å². The average molecular weight is 450 g/mol. The molecule has 0 fully saturated rings. The second kappa shape index (κ2) is 9.07. The Balaban J connectivity index is 1.46. The smallest absolute Gasteiger partial charge is 0.217 e. The number of pyridine rings is 1. The van der Waals surface area contributed by atoms with Crippen molar-refractivity contribution in [1.29, 1.82) is 0 Å². The van der Waals surface area contributed by atoms with Gasteiger partial charge in [-0.15, -0.1) is 0 Å². The Hall–Kier alpha value is -4.65. The van der Waals surface area contributed by atoms with Gasteiger partial charge in [0.1, 0.15) is 11.5 Å². The number of hydrogen-bond acceptors (Lipinski definition) is 5. The summed E-state index contributed by atoms with van der Waals surface area (Å²) in [7, 11) is 0. The molecule has 0 atom stereocenters. The number of nitrogens with two attached hydrogens (primary N) is 1. The summed E-state index contributed by atoms with van der Waals surface area (Å²) in [6, 6.07) is 25.4. The molecule has 0 aliphatic rings. The van der Waals surface area contributed by atoms with Crippen LogP contribution >= 0.6 is 0 Å².